The Bertz CT molecular complexity index is 640. The minimum atomic E-state index is 0.366. The molecule has 1 aromatic heterocycles. The van der Waals surface area contributed by atoms with Crippen LogP contribution in [0, 0.1) is 11.3 Å². The summed E-state index contributed by atoms with van der Waals surface area (Å²) in [6.07, 6.45) is 6.87. The van der Waals surface area contributed by atoms with Gasteiger partial charge in [0, 0.05) is 11.9 Å². The van der Waals surface area contributed by atoms with Crippen molar-refractivity contribution < 1.29 is 4.74 Å². The molecule has 21 heavy (non-hydrogen) atoms. The molecule has 0 amide bonds. The summed E-state index contributed by atoms with van der Waals surface area (Å²) in [5, 5.41) is 12.2. The van der Waals surface area contributed by atoms with Crippen molar-refractivity contribution in [2.24, 2.45) is 0 Å². The Morgan fingerprint density at radius 2 is 1.90 bits per heavy atom. The van der Waals surface area contributed by atoms with Crippen LogP contribution in [0.25, 0.3) is 0 Å². The summed E-state index contributed by atoms with van der Waals surface area (Å²) in [6.45, 7) is 0. The lowest BCUT2D eigenvalue weighted by atomic mass is 10.2. The SMILES string of the molecule is N#Cc1cccnc1Nc1ccc(OC2CCCC2)cc1. The molecule has 1 aliphatic carbocycles. The Hall–Kier alpha value is -2.54. The number of benzene rings is 1. The van der Waals surface area contributed by atoms with Crippen LogP contribution in [-0.4, -0.2) is 11.1 Å². The highest BCUT2D eigenvalue weighted by Gasteiger charge is 2.16. The van der Waals surface area contributed by atoms with E-state index < -0.39 is 0 Å². The smallest absolute Gasteiger partial charge is 0.148 e. The number of nitrogens with one attached hydrogen (secondary N) is 1. The normalized spacial score (nSPS) is 14.6. The molecule has 0 aliphatic heterocycles. The average molecular weight is 279 g/mol. The molecule has 106 valence electrons. The fourth-order valence-electron chi connectivity index (χ4n) is 2.55. The van der Waals surface area contributed by atoms with E-state index in [1.165, 1.54) is 12.8 Å². The molecule has 1 N–H and O–H groups in total. The van der Waals surface area contributed by atoms with E-state index >= 15 is 0 Å². The Kier molecular flexibility index (Phi) is 4.02. The van der Waals surface area contributed by atoms with Crippen LogP contribution >= 0.6 is 0 Å². The first-order valence-corrected chi connectivity index (χ1v) is 7.24. The Balaban J connectivity index is 1.68. The van der Waals surface area contributed by atoms with Gasteiger partial charge in [0.25, 0.3) is 0 Å². The van der Waals surface area contributed by atoms with Crippen LogP contribution in [0.5, 0.6) is 5.75 Å². The van der Waals surface area contributed by atoms with E-state index in [-0.39, 0.29) is 0 Å². The molecule has 1 aliphatic rings. The van der Waals surface area contributed by atoms with E-state index in [1.807, 2.05) is 24.3 Å². The molecule has 0 spiro atoms. The van der Waals surface area contributed by atoms with Gasteiger partial charge in [0.05, 0.1) is 11.7 Å². The maximum absolute atomic E-state index is 9.05. The van der Waals surface area contributed by atoms with Gasteiger partial charge in [0.1, 0.15) is 17.6 Å². The van der Waals surface area contributed by atoms with Gasteiger partial charge in [-0.25, -0.2) is 4.98 Å². The van der Waals surface area contributed by atoms with Gasteiger partial charge < -0.3 is 10.1 Å². The molecule has 4 heteroatoms. The van der Waals surface area contributed by atoms with Gasteiger partial charge >= 0.3 is 0 Å². The van der Waals surface area contributed by atoms with Gasteiger partial charge in [0.15, 0.2) is 0 Å². The number of rotatable bonds is 4. The van der Waals surface area contributed by atoms with Gasteiger partial charge in [-0.05, 0) is 62.1 Å². The van der Waals surface area contributed by atoms with Crippen molar-refractivity contribution >= 4 is 11.5 Å². The summed E-state index contributed by atoms with van der Waals surface area (Å²) in [5.74, 6) is 1.47. The Morgan fingerprint density at radius 1 is 1.14 bits per heavy atom. The molecular weight excluding hydrogens is 262 g/mol. The Morgan fingerprint density at radius 3 is 2.62 bits per heavy atom. The highest BCUT2D eigenvalue weighted by atomic mass is 16.5. The first-order chi connectivity index (χ1) is 10.3. The number of nitriles is 1. The molecule has 4 nitrogen and oxygen atoms in total. The minimum absolute atomic E-state index is 0.366. The average Bonchev–Trinajstić information content (AvgIpc) is 3.03. The van der Waals surface area contributed by atoms with Crippen LogP contribution in [0.4, 0.5) is 11.5 Å². The van der Waals surface area contributed by atoms with Crippen LogP contribution < -0.4 is 10.1 Å². The molecule has 0 atom stereocenters. The summed E-state index contributed by atoms with van der Waals surface area (Å²) < 4.78 is 5.93. The largest absolute Gasteiger partial charge is 0.490 e. The fraction of sp³-hybridized carbons (Fsp3) is 0.294. The maximum atomic E-state index is 9.05. The second-order valence-corrected chi connectivity index (χ2v) is 5.19. The van der Waals surface area contributed by atoms with E-state index in [0.717, 1.165) is 24.3 Å². The van der Waals surface area contributed by atoms with Gasteiger partial charge in [-0.3, -0.25) is 0 Å². The monoisotopic (exact) mass is 279 g/mol. The van der Waals surface area contributed by atoms with E-state index in [4.69, 9.17) is 10.00 Å². The minimum Gasteiger partial charge on any atom is -0.490 e. The lowest BCUT2D eigenvalue weighted by Gasteiger charge is -2.13. The molecule has 2 aromatic rings. The number of anilines is 2. The number of hydrogen-bond acceptors (Lipinski definition) is 4. The first-order valence-electron chi connectivity index (χ1n) is 7.24. The molecule has 0 bridgehead atoms. The highest BCUT2D eigenvalue weighted by molar-refractivity contribution is 5.62. The second kappa shape index (κ2) is 6.27. The standard InChI is InChI=1S/C17H17N3O/c18-12-13-4-3-11-19-17(13)20-14-7-9-16(10-8-14)21-15-5-1-2-6-15/h3-4,7-11,15H,1-2,5-6H2,(H,19,20). The van der Waals surface area contributed by atoms with Crippen molar-refractivity contribution in [1.29, 1.82) is 5.26 Å². The zero-order valence-corrected chi connectivity index (χ0v) is 11.7. The summed E-state index contributed by atoms with van der Waals surface area (Å²) in [7, 11) is 0. The molecule has 1 heterocycles. The van der Waals surface area contributed by atoms with Crippen LogP contribution in [0.1, 0.15) is 31.2 Å². The third kappa shape index (κ3) is 3.32. The van der Waals surface area contributed by atoms with E-state index in [1.54, 1.807) is 18.3 Å². The lowest BCUT2D eigenvalue weighted by Crippen LogP contribution is -2.10. The zero-order chi connectivity index (χ0) is 14.5. The molecule has 0 unspecified atom stereocenters. The molecule has 3 rings (SSSR count). The summed E-state index contributed by atoms with van der Waals surface area (Å²) in [4.78, 5) is 4.19. The molecule has 1 aromatic carbocycles. The van der Waals surface area contributed by atoms with Crippen molar-refractivity contribution in [1.82, 2.24) is 4.98 Å². The number of aromatic nitrogens is 1. The van der Waals surface area contributed by atoms with Gasteiger partial charge in [-0.1, -0.05) is 0 Å². The third-order valence-electron chi connectivity index (χ3n) is 3.65. The number of ether oxygens (including phenoxy) is 1. The number of pyridine rings is 1. The van der Waals surface area contributed by atoms with E-state index in [2.05, 4.69) is 16.4 Å². The van der Waals surface area contributed by atoms with Gasteiger partial charge in [-0.2, -0.15) is 5.26 Å². The van der Waals surface area contributed by atoms with Crippen LogP contribution in [0.2, 0.25) is 0 Å². The Labute approximate surface area is 124 Å². The predicted molar refractivity (Wildman–Crippen MR) is 81.6 cm³/mol. The van der Waals surface area contributed by atoms with Crippen molar-refractivity contribution in [3.63, 3.8) is 0 Å². The number of nitrogens with zero attached hydrogens (tertiary/aromatic N) is 2. The van der Waals surface area contributed by atoms with Gasteiger partial charge in [-0.15, -0.1) is 0 Å². The van der Waals surface area contributed by atoms with E-state index in [9.17, 15) is 0 Å². The van der Waals surface area contributed by atoms with Crippen molar-refractivity contribution in [2.45, 2.75) is 31.8 Å². The molecule has 0 saturated heterocycles. The lowest BCUT2D eigenvalue weighted by molar-refractivity contribution is 0.210. The van der Waals surface area contributed by atoms with Crippen molar-refractivity contribution in [3.05, 3.63) is 48.2 Å². The zero-order valence-electron chi connectivity index (χ0n) is 11.7. The molecule has 1 saturated carbocycles. The van der Waals surface area contributed by atoms with Crippen LogP contribution in [0.3, 0.4) is 0 Å². The summed E-state index contributed by atoms with van der Waals surface area (Å²) in [6, 6.07) is 13.4. The molecule has 0 radical (unpaired) electrons. The summed E-state index contributed by atoms with van der Waals surface area (Å²) >= 11 is 0. The van der Waals surface area contributed by atoms with Crippen LogP contribution in [0.15, 0.2) is 42.6 Å². The van der Waals surface area contributed by atoms with Crippen molar-refractivity contribution in [2.75, 3.05) is 5.32 Å². The molecule has 1 fully saturated rings. The predicted octanol–water partition coefficient (Wildman–Crippen LogP) is 4.02. The second-order valence-electron chi connectivity index (χ2n) is 5.19. The third-order valence-corrected chi connectivity index (χ3v) is 3.65. The quantitative estimate of drug-likeness (QED) is 0.918. The van der Waals surface area contributed by atoms with Crippen LogP contribution in [-0.2, 0) is 0 Å². The highest BCUT2D eigenvalue weighted by Crippen LogP contribution is 2.26. The first kappa shape index (κ1) is 13.4. The maximum Gasteiger partial charge on any atom is 0.148 e. The fourth-order valence-corrected chi connectivity index (χ4v) is 2.55. The topological polar surface area (TPSA) is 57.9 Å². The van der Waals surface area contributed by atoms with E-state index in [0.29, 0.717) is 17.5 Å². The number of hydrogen-bond donors (Lipinski definition) is 1. The molecular formula is C17H17N3O. The van der Waals surface area contributed by atoms with Gasteiger partial charge in [0.2, 0.25) is 0 Å². The van der Waals surface area contributed by atoms with Crippen molar-refractivity contribution in [3.8, 4) is 11.8 Å². The summed E-state index contributed by atoms with van der Waals surface area (Å²) in [5.41, 5.74) is 1.42.